The number of nitrogens with zero attached hydrogens (tertiary/aromatic N) is 2. The van der Waals surface area contributed by atoms with Crippen LogP contribution in [-0.4, -0.2) is 35.8 Å². The molecule has 0 unspecified atom stereocenters. The van der Waals surface area contributed by atoms with Crippen molar-refractivity contribution in [3.05, 3.63) is 10.9 Å². The van der Waals surface area contributed by atoms with Crippen LogP contribution in [0.2, 0.25) is 0 Å². The Morgan fingerprint density at radius 2 is 2.05 bits per heavy atom. The molecule has 0 spiro atoms. The lowest BCUT2D eigenvalue weighted by molar-refractivity contribution is 0.0870. The summed E-state index contributed by atoms with van der Waals surface area (Å²) < 4.78 is 5.56. The van der Waals surface area contributed by atoms with E-state index in [1.54, 1.807) is 11.3 Å². The molecule has 2 aromatic rings. The number of fused-ring (bicyclic) bond motifs is 1. The third kappa shape index (κ3) is 4.54. The SMILES string of the molecule is CCCNc1nc(NCCOC(C)C)c2cc(C)sc2n1. The highest BCUT2D eigenvalue weighted by atomic mass is 32.1. The van der Waals surface area contributed by atoms with E-state index in [0.29, 0.717) is 12.6 Å². The number of nitrogens with one attached hydrogen (secondary N) is 2. The van der Waals surface area contributed by atoms with E-state index in [1.807, 2.05) is 13.8 Å². The van der Waals surface area contributed by atoms with Gasteiger partial charge in [0.05, 0.1) is 18.1 Å². The number of hydrogen-bond acceptors (Lipinski definition) is 6. The van der Waals surface area contributed by atoms with Crippen LogP contribution in [0.1, 0.15) is 32.1 Å². The van der Waals surface area contributed by atoms with E-state index in [0.717, 1.165) is 35.5 Å². The number of aromatic nitrogens is 2. The van der Waals surface area contributed by atoms with Gasteiger partial charge < -0.3 is 15.4 Å². The van der Waals surface area contributed by atoms with E-state index in [-0.39, 0.29) is 6.10 Å². The van der Waals surface area contributed by atoms with E-state index < -0.39 is 0 Å². The minimum Gasteiger partial charge on any atom is -0.377 e. The Kier molecular flexibility index (Phi) is 5.76. The molecule has 116 valence electrons. The molecule has 0 amide bonds. The zero-order valence-corrected chi connectivity index (χ0v) is 14.0. The summed E-state index contributed by atoms with van der Waals surface area (Å²) in [6, 6.07) is 2.13. The molecule has 0 radical (unpaired) electrons. The van der Waals surface area contributed by atoms with Crippen LogP contribution in [0.4, 0.5) is 11.8 Å². The van der Waals surface area contributed by atoms with Gasteiger partial charge in [-0.2, -0.15) is 4.98 Å². The van der Waals surface area contributed by atoms with Crippen LogP contribution in [0.15, 0.2) is 6.07 Å². The van der Waals surface area contributed by atoms with Crippen molar-refractivity contribution in [2.24, 2.45) is 0 Å². The summed E-state index contributed by atoms with van der Waals surface area (Å²) in [7, 11) is 0. The third-order valence-corrected chi connectivity index (χ3v) is 3.84. The number of ether oxygens (including phenoxy) is 1. The van der Waals surface area contributed by atoms with Crippen LogP contribution < -0.4 is 10.6 Å². The summed E-state index contributed by atoms with van der Waals surface area (Å²) in [4.78, 5) is 11.4. The second-order valence-electron chi connectivity index (χ2n) is 5.24. The van der Waals surface area contributed by atoms with Gasteiger partial charge in [-0.25, -0.2) is 4.98 Å². The number of hydrogen-bond donors (Lipinski definition) is 2. The van der Waals surface area contributed by atoms with Crippen molar-refractivity contribution in [2.75, 3.05) is 30.3 Å². The maximum absolute atomic E-state index is 5.56. The summed E-state index contributed by atoms with van der Waals surface area (Å²) in [6.45, 7) is 10.6. The molecule has 2 aromatic heterocycles. The quantitative estimate of drug-likeness (QED) is 0.729. The minimum absolute atomic E-state index is 0.252. The van der Waals surface area contributed by atoms with Crippen molar-refractivity contribution >= 4 is 33.3 Å². The van der Waals surface area contributed by atoms with Gasteiger partial charge in [-0.05, 0) is 33.3 Å². The molecule has 0 bridgehead atoms. The van der Waals surface area contributed by atoms with Crippen molar-refractivity contribution in [2.45, 2.75) is 40.2 Å². The average molecular weight is 308 g/mol. The lowest BCUT2D eigenvalue weighted by atomic mass is 10.3. The predicted molar refractivity (Wildman–Crippen MR) is 90.5 cm³/mol. The van der Waals surface area contributed by atoms with Crippen molar-refractivity contribution in [1.82, 2.24) is 9.97 Å². The van der Waals surface area contributed by atoms with Gasteiger partial charge in [-0.3, -0.25) is 0 Å². The smallest absolute Gasteiger partial charge is 0.226 e. The summed E-state index contributed by atoms with van der Waals surface area (Å²) in [5.41, 5.74) is 0. The second-order valence-corrected chi connectivity index (χ2v) is 6.48. The molecular formula is C15H24N4OS. The Bertz CT molecular complexity index is 582. The maximum atomic E-state index is 5.56. The Morgan fingerprint density at radius 1 is 1.24 bits per heavy atom. The molecule has 0 saturated heterocycles. The number of thiophene rings is 1. The molecule has 0 aliphatic rings. The Balaban J connectivity index is 2.14. The lowest BCUT2D eigenvalue weighted by Gasteiger charge is -2.11. The minimum atomic E-state index is 0.252. The summed E-state index contributed by atoms with van der Waals surface area (Å²) in [5.74, 6) is 1.58. The van der Waals surface area contributed by atoms with Gasteiger partial charge in [0.15, 0.2) is 0 Å². The van der Waals surface area contributed by atoms with Crippen LogP contribution >= 0.6 is 11.3 Å². The molecule has 0 fully saturated rings. The highest BCUT2D eigenvalue weighted by molar-refractivity contribution is 7.18. The Morgan fingerprint density at radius 3 is 2.76 bits per heavy atom. The Labute approximate surface area is 130 Å². The third-order valence-electron chi connectivity index (χ3n) is 2.89. The zero-order chi connectivity index (χ0) is 15.2. The van der Waals surface area contributed by atoms with Crippen molar-refractivity contribution in [3.8, 4) is 0 Å². The first-order valence-corrected chi connectivity index (χ1v) is 8.29. The summed E-state index contributed by atoms with van der Waals surface area (Å²) >= 11 is 1.70. The molecule has 21 heavy (non-hydrogen) atoms. The largest absolute Gasteiger partial charge is 0.377 e. The first kappa shape index (κ1) is 16.0. The lowest BCUT2D eigenvalue weighted by Crippen LogP contribution is -2.14. The number of anilines is 2. The second kappa shape index (κ2) is 7.56. The standard InChI is InChI=1S/C15H24N4OS/c1-5-6-17-15-18-13(16-7-8-20-10(2)3)12-9-11(4)21-14(12)19-15/h9-10H,5-8H2,1-4H3,(H2,16,17,18,19). The van der Waals surface area contributed by atoms with Crippen LogP contribution in [0, 0.1) is 6.92 Å². The molecule has 2 heterocycles. The fourth-order valence-electron chi connectivity index (χ4n) is 1.96. The molecule has 0 aliphatic heterocycles. The van der Waals surface area contributed by atoms with Crippen LogP contribution in [-0.2, 0) is 4.74 Å². The highest BCUT2D eigenvalue weighted by Crippen LogP contribution is 2.29. The van der Waals surface area contributed by atoms with Gasteiger partial charge in [0.1, 0.15) is 10.6 Å². The van der Waals surface area contributed by atoms with E-state index in [1.165, 1.54) is 4.88 Å². The highest BCUT2D eigenvalue weighted by Gasteiger charge is 2.10. The molecule has 0 aromatic carbocycles. The Hall–Kier alpha value is -1.40. The monoisotopic (exact) mass is 308 g/mol. The fourth-order valence-corrected chi connectivity index (χ4v) is 2.84. The van der Waals surface area contributed by atoms with Gasteiger partial charge in [0.25, 0.3) is 0 Å². The van der Waals surface area contributed by atoms with Gasteiger partial charge in [-0.1, -0.05) is 6.92 Å². The number of aryl methyl sites for hydroxylation is 1. The molecule has 2 N–H and O–H groups in total. The maximum Gasteiger partial charge on any atom is 0.226 e. The molecule has 2 rings (SSSR count). The van der Waals surface area contributed by atoms with Crippen molar-refractivity contribution < 1.29 is 4.74 Å². The average Bonchev–Trinajstić information content (AvgIpc) is 2.81. The van der Waals surface area contributed by atoms with Gasteiger partial charge >= 0.3 is 0 Å². The van der Waals surface area contributed by atoms with Crippen molar-refractivity contribution in [3.63, 3.8) is 0 Å². The summed E-state index contributed by atoms with van der Waals surface area (Å²) in [5, 5.41) is 7.71. The van der Waals surface area contributed by atoms with Gasteiger partial charge in [0.2, 0.25) is 5.95 Å². The normalized spacial score (nSPS) is 11.3. The molecule has 0 aliphatic carbocycles. The molecule has 5 nitrogen and oxygen atoms in total. The van der Waals surface area contributed by atoms with E-state index in [2.05, 4.69) is 40.5 Å². The molecular weight excluding hydrogens is 284 g/mol. The molecule has 0 atom stereocenters. The molecule has 0 saturated carbocycles. The molecule has 6 heteroatoms. The van der Waals surface area contributed by atoms with Gasteiger partial charge in [-0.15, -0.1) is 11.3 Å². The van der Waals surface area contributed by atoms with E-state index in [4.69, 9.17) is 4.74 Å². The predicted octanol–water partition coefficient (Wildman–Crippen LogP) is 3.66. The fraction of sp³-hybridized carbons (Fsp3) is 0.600. The zero-order valence-electron chi connectivity index (χ0n) is 13.2. The topological polar surface area (TPSA) is 59.1 Å². The van der Waals surface area contributed by atoms with E-state index >= 15 is 0 Å². The van der Waals surface area contributed by atoms with Gasteiger partial charge in [0, 0.05) is 18.0 Å². The van der Waals surface area contributed by atoms with Crippen LogP contribution in [0.5, 0.6) is 0 Å². The first-order valence-electron chi connectivity index (χ1n) is 7.47. The summed E-state index contributed by atoms with van der Waals surface area (Å²) in [6.07, 6.45) is 1.30. The van der Waals surface area contributed by atoms with Crippen LogP contribution in [0.3, 0.4) is 0 Å². The van der Waals surface area contributed by atoms with E-state index in [9.17, 15) is 0 Å². The van der Waals surface area contributed by atoms with Crippen molar-refractivity contribution in [1.29, 1.82) is 0 Å². The number of rotatable bonds is 8. The first-order chi connectivity index (χ1) is 10.1. The van der Waals surface area contributed by atoms with Crippen LogP contribution in [0.25, 0.3) is 10.2 Å².